The Labute approximate surface area is 120 Å². The van der Waals surface area contributed by atoms with Crippen molar-refractivity contribution in [2.45, 2.75) is 52.7 Å². The minimum atomic E-state index is 0.380. The molecule has 1 aliphatic rings. The Hall–Kier alpha value is -0.680. The minimum absolute atomic E-state index is 0.380. The highest BCUT2D eigenvalue weighted by Crippen LogP contribution is 2.35. The van der Waals surface area contributed by atoms with E-state index in [4.69, 9.17) is 4.74 Å². The molecular weight excluding hydrogens is 258 g/mol. The maximum absolute atomic E-state index is 6.15. The molecule has 0 amide bonds. The summed E-state index contributed by atoms with van der Waals surface area (Å²) in [6.45, 7) is 7.54. The number of aromatic nitrogens is 2. The van der Waals surface area contributed by atoms with Gasteiger partial charge in [0.15, 0.2) is 0 Å². The van der Waals surface area contributed by atoms with E-state index in [-0.39, 0.29) is 0 Å². The zero-order valence-electron chi connectivity index (χ0n) is 12.3. The van der Waals surface area contributed by atoms with Crippen LogP contribution in [0.3, 0.4) is 0 Å². The van der Waals surface area contributed by atoms with E-state index in [0.29, 0.717) is 24.5 Å². The predicted molar refractivity (Wildman–Crippen MR) is 79.4 cm³/mol. The van der Waals surface area contributed by atoms with E-state index in [1.54, 1.807) is 11.3 Å². The molecule has 1 fully saturated rings. The first-order valence-electron chi connectivity index (χ1n) is 7.22. The topological polar surface area (TPSA) is 47.0 Å². The van der Waals surface area contributed by atoms with Crippen LogP contribution in [0.25, 0.3) is 0 Å². The van der Waals surface area contributed by atoms with Gasteiger partial charge < -0.3 is 10.1 Å². The zero-order valence-corrected chi connectivity index (χ0v) is 13.2. The van der Waals surface area contributed by atoms with Gasteiger partial charge in [-0.2, -0.15) is 0 Å². The molecule has 0 bridgehead atoms. The molecule has 108 valence electrons. The number of hydrogen-bond donors (Lipinski definition) is 1. The third-order valence-corrected chi connectivity index (χ3v) is 4.98. The summed E-state index contributed by atoms with van der Waals surface area (Å²) in [5, 5.41) is 13.0. The molecule has 0 saturated heterocycles. The van der Waals surface area contributed by atoms with Gasteiger partial charge in [0.2, 0.25) is 5.13 Å². The summed E-state index contributed by atoms with van der Waals surface area (Å²) in [5.41, 5.74) is 0. The molecule has 1 aliphatic carbocycles. The highest BCUT2D eigenvalue weighted by Gasteiger charge is 2.31. The fourth-order valence-corrected chi connectivity index (χ4v) is 3.51. The summed E-state index contributed by atoms with van der Waals surface area (Å²) >= 11 is 1.57. The van der Waals surface area contributed by atoms with Crippen LogP contribution in [0.1, 0.15) is 45.0 Å². The molecule has 1 N–H and O–H groups in total. The Kier molecular flexibility index (Phi) is 5.16. The normalized spacial score (nSPS) is 27.7. The fraction of sp³-hybridized carbons (Fsp3) is 0.857. The van der Waals surface area contributed by atoms with Gasteiger partial charge in [0.05, 0.1) is 6.10 Å². The minimum Gasteiger partial charge on any atom is -0.371 e. The Morgan fingerprint density at radius 3 is 2.79 bits per heavy atom. The molecule has 0 aliphatic heterocycles. The van der Waals surface area contributed by atoms with E-state index in [1.165, 1.54) is 19.3 Å². The number of nitrogens with zero attached hydrogens (tertiary/aromatic N) is 2. The van der Waals surface area contributed by atoms with E-state index < -0.39 is 0 Å². The van der Waals surface area contributed by atoms with Gasteiger partial charge in [0.1, 0.15) is 11.6 Å². The van der Waals surface area contributed by atoms with Gasteiger partial charge in [-0.1, -0.05) is 38.5 Å². The number of rotatable bonds is 5. The summed E-state index contributed by atoms with van der Waals surface area (Å²) in [6.07, 6.45) is 4.19. The first-order chi connectivity index (χ1) is 9.10. The zero-order chi connectivity index (χ0) is 13.8. The molecule has 0 aromatic carbocycles. The third kappa shape index (κ3) is 3.89. The molecule has 4 nitrogen and oxygen atoms in total. The largest absolute Gasteiger partial charge is 0.371 e. The van der Waals surface area contributed by atoms with Crippen LogP contribution in [0.15, 0.2) is 0 Å². The van der Waals surface area contributed by atoms with Crippen LogP contribution in [0.4, 0.5) is 5.13 Å². The highest BCUT2D eigenvalue weighted by atomic mass is 32.1. The van der Waals surface area contributed by atoms with Gasteiger partial charge in [0.25, 0.3) is 0 Å². The van der Waals surface area contributed by atoms with Crippen LogP contribution in [-0.2, 0) is 11.3 Å². The lowest BCUT2D eigenvalue weighted by Gasteiger charge is -2.37. The van der Waals surface area contributed by atoms with E-state index in [9.17, 15) is 0 Å². The standard InChI is InChI=1S/C14H25N3OS/c1-9(2)11-6-5-10(3)7-12(11)18-8-13-16-17-14(15-4)19-13/h9-12H,5-8H2,1-4H3,(H,15,17). The Balaban J connectivity index is 1.91. The Morgan fingerprint density at radius 1 is 1.37 bits per heavy atom. The molecule has 2 rings (SSSR count). The summed E-state index contributed by atoms with van der Waals surface area (Å²) in [6, 6.07) is 0. The number of hydrogen-bond acceptors (Lipinski definition) is 5. The second-order valence-electron chi connectivity index (χ2n) is 5.93. The summed E-state index contributed by atoms with van der Waals surface area (Å²) in [7, 11) is 1.86. The van der Waals surface area contributed by atoms with Crippen LogP contribution >= 0.6 is 11.3 Å². The van der Waals surface area contributed by atoms with Crippen molar-refractivity contribution in [1.82, 2.24) is 10.2 Å². The lowest BCUT2D eigenvalue weighted by atomic mass is 9.75. The highest BCUT2D eigenvalue weighted by molar-refractivity contribution is 7.15. The van der Waals surface area contributed by atoms with Crippen molar-refractivity contribution in [3.05, 3.63) is 5.01 Å². The average Bonchev–Trinajstić information content (AvgIpc) is 2.84. The molecule has 0 spiro atoms. The summed E-state index contributed by atoms with van der Waals surface area (Å²) in [4.78, 5) is 0. The lowest BCUT2D eigenvalue weighted by molar-refractivity contribution is -0.0474. The summed E-state index contributed by atoms with van der Waals surface area (Å²) < 4.78 is 6.15. The smallest absolute Gasteiger partial charge is 0.205 e. The van der Waals surface area contributed by atoms with Crippen molar-refractivity contribution >= 4 is 16.5 Å². The van der Waals surface area contributed by atoms with Gasteiger partial charge in [-0.05, 0) is 30.6 Å². The van der Waals surface area contributed by atoms with Gasteiger partial charge in [-0.15, -0.1) is 10.2 Å². The monoisotopic (exact) mass is 283 g/mol. The first kappa shape index (κ1) is 14.7. The van der Waals surface area contributed by atoms with Gasteiger partial charge in [0, 0.05) is 7.05 Å². The molecular formula is C14H25N3OS. The maximum atomic E-state index is 6.15. The van der Waals surface area contributed by atoms with Gasteiger partial charge in [-0.25, -0.2) is 0 Å². The molecule has 19 heavy (non-hydrogen) atoms. The van der Waals surface area contributed by atoms with Crippen molar-refractivity contribution in [3.8, 4) is 0 Å². The van der Waals surface area contributed by atoms with Crippen LogP contribution in [-0.4, -0.2) is 23.3 Å². The molecule has 1 aromatic heterocycles. The Bertz CT molecular complexity index is 394. The van der Waals surface area contributed by atoms with Crippen LogP contribution in [0.5, 0.6) is 0 Å². The van der Waals surface area contributed by atoms with Gasteiger partial charge in [-0.3, -0.25) is 0 Å². The van der Waals surface area contributed by atoms with E-state index in [1.807, 2.05) is 7.05 Å². The number of ether oxygens (including phenoxy) is 1. The second kappa shape index (κ2) is 6.66. The van der Waals surface area contributed by atoms with Crippen molar-refractivity contribution in [1.29, 1.82) is 0 Å². The molecule has 5 heteroatoms. The number of nitrogens with one attached hydrogen (secondary N) is 1. The molecule has 3 unspecified atom stereocenters. The SMILES string of the molecule is CNc1nnc(COC2CC(C)CCC2C(C)C)s1. The second-order valence-corrected chi connectivity index (χ2v) is 6.99. The summed E-state index contributed by atoms with van der Waals surface area (Å²) in [5.74, 6) is 2.16. The van der Waals surface area contributed by atoms with Crippen molar-refractivity contribution in [2.75, 3.05) is 12.4 Å². The molecule has 1 aromatic rings. The van der Waals surface area contributed by atoms with E-state index >= 15 is 0 Å². The van der Waals surface area contributed by atoms with Gasteiger partial charge >= 0.3 is 0 Å². The van der Waals surface area contributed by atoms with E-state index in [2.05, 4.69) is 36.3 Å². The molecule has 1 heterocycles. The van der Waals surface area contributed by atoms with E-state index in [0.717, 1.165) is 16.1 Å². The van der Waals surface area contributed by atoms with Crippen LogP contribution in [0.2, 0.25) is 0 Å². The number of anilines is 1. The third-order valence-electron chi connectivity index (χ3n) is 4.06. The van der Waals surface area contributed by atoms with Crippen LogP contribution in [0, 0.1) is 17.8 Å². The quantitative estimate of drug-likeness (QED) is 0.897. The molecule has 3 atom stereocenters. The van der Waals surface area contributed by atoms with Crippen molar-refractivity contribution in [3.63, 3.8) is 0 Å². The lowest BCUT2D eigenvalue weighted by Crippen LogP contribution is -2.34. The first-order valence-corrected chi connectivity index (χ1v) is 8.03. The van der Waals surface area contributed by atoms with Crippen molar-refractivity contribution < 1.29 is 4.74 Å². The molecule has 1 saturated carbocycles. The van der Waals surface area contributed by atoms with Crippen molar-refractivity contribution in [2.24, 2.45) is 17.8 Å². The van der Waals surface area contributed by atoms with Crippen LogP contribution < -0.4 is 5.32 Å². The Morgan fingerprint density at radius 2 is 2.16 bits per heavy atom. The average molecular weight is 283 g/mol. The molecule has 0 radical (unpaired) electrons. The fourth-order valence-electron chi connectivity index (χ4n) is 2.90. The predicted octanol–water partition coefficient (Wildman–Crippen LogP) is 3.56. The maximum Gasteiger partial charge on any atom is 0.205 e.